The second-order valence-electron chi connectivity index (χ2n) is 4.33. The molecule has 2 rings (SSSR count). The van der Waals surface area contributed by atoms with Crippen LogP contribution >= 0.6 is 11.3 Å². The van der Waals surface area contributed by atoms with Crippen LogP contribution in [0.1, 0.15) is 15.2 Å². The maximum Gasteiger partial charge on any atom is 0.387 e. The minimum Gasteiger partial charge on any atom is -0.493 e. The zero-order valence-electron chi connectivity index (χ0n) is 11.8. The maximum atomic E-state index is 12.2. The van der Waals surface area contributed by atoms with Crippen molar-refractivity contribution in [3.63, 3.8) is 0 Å². The summed E-state index contributed by atoms with van der Waals surface area (Å²) in [7, 11) is 1.33. The Balaban J connectivity index is 1.97. The molecule has 1 heterocycles. The van der Waals surface area contributed by atoms with Crippen molar-refractivity contribution in [2.75, 3.05) is 13.7 Å². The molecule has 0 unspecified atom stereocenters. The number of carbonyl (C=O) groups is 1. The highest BCUT2D eigenvalue weighted by molar-refractivity contribution is 7.09. The fourth-order valence-electron chi connectivity index (χ4n) is 1.86. The van der Waals surface area contributed by atoms with Crippen LogP contribution in [0.3, 0.4) is 0 Å². The first-order chi connectivity index (χ1) is 10.6. The Labute approximate surface area is 130 Å². The number of halogens is 2. The van der Waals surface area contributed by atoms with Crippen molar-refractivity contribution in [3.05, 3.63) is 46.2 Å². The van der Waals surface area contributed by atoms with Gasteiger partial charge in [0.2, 0.25) is 0 Å². The van der Waals surface area contributed by atoms with Crippen LogP contribution in [0.4, 0.5) is 8.78 Å². The molecule has 0 fully saturated rings. The number of amides is 1. The van der Waals surface area contributed by atoms with Gasteiger partial charge in [-0.3, -0.25) is 4.79 Å². The average molecular weight is 327 g/mol. The number of thiophene rings is 1. The van der Waals surface area contributed by atoms with Gasteiger partial charge >= 0.3 is 6.61 Å². The fourth-order valence-corrected chi connectivity index (χ4v) is 2.57. The molecule has 0 atom stereocenters. The molecule has 0 radical (unpaired) electrons. The van der Waals surface area contributed by atoms with E-state index in [2.05, 4.69) is 10.1 Å². The summed E-state index contributed by atoms with van der Waals surface area (Å²) in [6.45, 7) is -2.45. The van der Waals surface area contributed by atoms with Gasteiger partial charge in [0.15, 0.2) is 11.5 Å². The Morgan fingerprint density at radius 3 is 2.77 bits per heavy atom. The molecule has 0 saturated carbocycles. The number of rotatable bonds is 7. The lowest BCUT2D eigenvalue weighted by molar-refractivity contribution is -0.0512. The van der Waals surface area contributed by atoms with Crippen molar-refractivity contribution in [2.45, 2.75) is 13.0 Å². The quantitative estimate of drug-likeness (QED) is 0.848. The third-order valence-electron chi connectivity index (χ3n) is 2.88. The van der Waals surface area contributed by atoms with E-state index >= 15 is 0 Å². The van der Waals surface area contributed by atoms with Gasteiger partial charge in [0.25, 0.3) is 5.91 Å². The number of hydrogen-bond donors (Lipinski definition) is 1. The summed E-state index contributed by atoms with van der Waals surface area (Å²) in [5, 5.41) is 4.75. The van der Waals surface area contributed by atoms with E-state index in [-0.39, 0.29) is 17.4 Å². The summed E-state index contributed by atoms with van der Waals surface area (Å²) in [5.74, 6) is -0.308. The van der Waals surface area contributed by atoms with E-state index in [1.165, 1.54) is 30.2 Å². The van der Waals surface area contributed by atoms with E-state index in [1.807, 2.05) is 17.5 Å². The zero-order valence-corrected chi connectivity index (χ0v) is 12.7. The topological polar surface area (TPSA) is 47.6 Å². The largest absolute Gasteiger partial charge is 0.493 e. The molecule has 7 heteroatoms. The van der Waals surface area contributed by atoms with Gasteiger partial charge in [-0.05, 0) is 36.1 Å². The fraction of sp³-hybridized carbons (Fsp3) is 0.267. The SMILES string of the molecule is COc1cc(C(=O)NCCc2cccs2)ccc1OC(F)F. The molecule has 2 aromatic rings. The van der Waals surface area contributed by atoms with E-state index < -0.39 is 6.61 Å². The highest BCUT2D eigenvalue weighted by Crippen LogP contribution is 2.29. The summed E-state index contributed by atoms with van der Waals surface area (Å²) >= 11 is 1.63. The number of alkyl halides is 2. The molecule has 0 spiro atoms. The summed E-state index contributed by atoms with van der Waals surface area (Å²) in [5.41, 5.74) is 0.324. The van der Waals surface area contributed by atoms with E-state index in [0.717, 1.165) is 6.42 Å². The highest BCUT2D eigenvalue weighted by Gasteiger charge is 2.14. The monoisotopic (exact) mass is 327 g/mol. The molecule has 22 heavy (non-hydrogen) atoms. The second kappa shape index (κ2) is 7.74. The van der Waals surface area contributed by atoms with Gasteiger partial charge in [-0.25, -0.2) is 0 Å². The third kappa shape index (κ3) is 4.42. The van der Waals surface area contributed by atoms with E-state index in [1.54, 1.807) is 11.3 Å². The molecule has 4 nitrogen and oxygen atoms in total. The predicted molar refractivity (Wildman–Crippen MR) is 80.0 cm³/mol. The van der Waals surface area contributed by atoms with Crippen LogP contribution in [0.25, 0.3) is 0 Å². The van der Waals surface area contributed by atoms with Crippen LogP contribution in [-0.4, -0.2) is 26.2 Å². The minimum atomic E-state index is -2.95. The van der Waals surface area contributed by atoms with Crippen molar-refractivity contribution < 1.29 is 23.0 Å². The molecule has 1 N–H and O–H groups in total. The molecule has 1 aromatic carbocycles. The summed E-state index contributed by atoms with van der Waals surface area (Å²) in [6.07, 6.45) is 0.743. The molecule has 0 saturated heterocycles. The minimum absolute atomic E-state index is 0.0891. The van der Waals surface area contributed by atoms with Crippen LogP contribution in [-0.2, 0) is 6.42 Å². The lowest BCUT2D eigenvalue weighted by atomic mass is 10.2. The molecular formula is C15H15F2NO3S. The lowest BCUT2D eigenvalue weighted by Crippen LogP contribution is -2.25. The zero-order chi connectivity index (χ0) is 15.9. The summed E-state index contributed by atoms with van der Waals surface area (Å²) in [6, 6.07) is 8.03. The van der Waals surface area contributed by atoms with Crippen LogP contribution in [0.5, 0.6) is 11.5 Å². The molecule has 0 aliphatic carbocycles. The van der Waals surface area contributed by atoms with Crippen molar-refractivity contribution in [2.24, 2.45) is 0 Å². The molecule has 0 aliphatic heterocycles. The average Bonchev–Trinajstić information content (AvgIpc) is 3.00. The third-order valence-corrected chi connectivity index (χ3v) is 3.82. The Hall–Kier alpha value is -2.15. The predicted octanol–water partition coefficient (Wildman–Crippen LogP) is 3.33. The van der Waals surface area contributed by atoms with Crippen LogP contribution in [0.2, 0.25) is 0 Å². The lowest BCUT2D eigenvalue weighted by Gasteiger charge is -2.11. The van der Waals surface area contributed by atoms with Gasteiger partial charge in [-0.2, -0.15) is 8.78 Å². The molecule has 1 aromatic heterocycles. The van der Waals surface area contributed by atoms with E-state index in [4.69, 9.17) is 4.74 Å². The number of methoxy groups -OCH3 is 1. The highest BCUT2D eigenvalue weighted by atomic mass is 32.1. The van der Waals surface area contributed by atoms with Crippen LogP contribution in [0.15, 0.2) is 35.7 Å². The van der Waals surface area contributed by atoms with Gasteiger partial charge in [-0.15, -0.1) is 11.3 Å². The molecule has 0 bridgehead atoms. The Bertz CT molecular complexity index is 617. The van der Waals surface area contributed by atoms with Crippen molar-refractivity contribution in [1.29, 1.82) is 0 Å². The van der Waals surface area contributed by atoms with Gasteiger partial charge < -0.3 is 14.8 Å². The maximum absolute atomic E-state index is 12.2. The normalized spacial score (nSPS) is 10.5. The first-order valence-corrected chi connectivity index (χ1v) is 7.41. The molecular weight excluding hydrogens is 312 g/mol. The van der Waals surface area contributed by atoms with Gasteiger partial charge in [0.1, 0.15) is 0 Å². The smallest absolute Gasteiger partial charge is 0.387 e. The van der Waals surface area contributed by atoms with Gasteiger partial charge in [0, 0.05) is 17.0 Å². The number of ether oxygens (including phenoxy) is 2. The number of benzene rings is 1. The molecule has 0 aliphatic rings. The second-order valence-corrected chi connectivity index (χ2v) is 5.36. The van der Waals surface area contributed by atoms with Gasteiger partial charge in [0.05, 0.1) is 7.11 Å². The Morgan fingerprint density at radius 2 is 2.14 bits per heavy atom. The van der Waals surface area contributed by atoms with Crippen molar-refractivity contribution >= 4 is 17.2 Å². The first-order valence-electron chi connectivity index (χ1n) is 6.53. The number of carbonyl (C=O) groups excluding carboxylic acids is 1. The molecule has 118 valence electrons. The Morgan fingerprint density at radius 1 is 1.32 bits per heavy atom. The summed E-state index contributed by atoms with van der Waals surface area (Å²) in [4.78, 5) is 13.2. The number of nitrogens with one attached hydrogen (secondary N) is 1. The van der Waals surface area contributed by atoms with E-state index in [0.29, 0.717) is 12.1 Å². The standard InChI is InChI=1S/C15H15F2NO3S/c1-20-13-9-10(4-5-12(13)21-15(16)17)14(19)18-7-6-11-3-2-8-22-11/h2-5,8-9,15H,6-7H2,1H3,(H,18,19). The van der Waals surface area contributed by atoms with Crippen LogP contribution in [0, 0.1) is 0 Å². The van der Waals surface area contributed by atoms with Crippen molar-refractivity contribution in [1.82, 2.24) is 5.32 Å². The van der Waals surface area contributed by atoms with E-state index in [9.17, 15) is 13.6 Å². The van der Waals surface area contributed by atoms with Crippen LogP contribution < -0.4 is 14.8 Å². The Kier molecular flexibility index (Phi) is 5.71. The van der Waals surface area contributed by atoms with Gasteiger partial charge in [-0.1, -0.05) is 6.07 Å². The summed E-state index contributed by atoms with van der Waals surface area (Å²) < 4.78 is 33.8. The van der Waals surface area contributed by atoms with Crippen molar-refractivity contribution in [3.8, 4) is 11.5 Å². The molecule has 1 amide bonds. The number of hydrogen-bond acceptors (Lipinski definition) is 4. The first kappa shape index (κ1) is 16.2.